The minimum atomic E-state index is -3.81. The highest BCUT2D eigenvalue weighted by Crippen LogP contribution is 2.28. The highest BCUT2D eigenvalue weighted by atomic mass is 79.9. The summed E-state index contributed by atoms with van der Waals surface area (Å²) in [6, 6.07) is 7.54. The Morgan fingerprint density at radius 1 is 1.30 bits per heavy atom. The molecule has 0 fully saturated rings. The van der Waals surface area contributed by atoms with Crippen molar-refractivity contribution in [2.24, 2.45) is 0 Å². The Morgan fingerprint density at radius 3 is 2.50 bits per heavy atom. The summed E-state index contributed by atoms with van der Waals surface area (Å²) >= 11 is 3.40. The molecular weight excluding hydrogens is 364 g/mol. The summed E-state index contributed by atoms with van der Waals surface area (Å²) in [5.74, 6) is 0. The first-order valence-electron chi connectivity index (χ1n) is 6.19. The van der Waals surface area contributed by atoms with Crippen LogP contribution in [-0.4, -0.2) is 18.2 Å². The summed E-state index contributed by atoms with van der Waals surface area (Å²) in [6.07, 6.45) is 1.04. The van der Waals surface area contributed by atoms with Gasteiger partial charge in [0.15, 0.2) is 0 Å². The lowest BCUT2D eigenvalue weighted by molar-refractivity contribution is 0.607. The number of nitrogens with zero attached hydrogens (tertiary/aromatic N) is 2. The Hall–Kier alpha value is -0.850. The van der Waals surface area contributed by atoms with Crippen LogP contribution in [0.2, 0.25) is 0 Å². The van der Waals surface area contributed by atoms with Gasteiger partial charge in [0, 0.05) is 15.2 Å². The third kappa shape index (κ3) is 2.92. The fourth-order valence-corrected chi connectivity index (χ4v) is 4.03. The molecule has 0 spiro atoms. The van der Waals surface area contributed by atoms with E-state index in [9.17, 15) is 8.42 Å². The quantitative estimate of drug-likeness (QED) is 0.764. The van der Waals surface area contributed by atoms with Crippen LogP contribution >= 0.6 is 26.6 Å². The van der Waals surface area contributed by atoms with E-state index in [4.69, 9.17) is 10.7 Å². The van der Waals surface area contributed by atoms with Crippen molar-refractivity contribution >= 4 is 35.7 Å². The second-order valence-corrected chi connectivity index (χ2v) is 7.68. The Bertz CT molecular complexity index is 741. The first kappa shape index (κ1) is 15.5. The third-order valence-electron chi connectivity index (χ3n) is 2.97. The molecule has 0 radical (unpaired) electrons. The van der Waals surface area contributed by atoms with Crippen LogP contribution in [0.3, 0.4) is 0 Å². The number of rotatable bonds is 4. The molecule has 0 unspecified atom stereocenters. The van der Waals surface area contributed by atoms with E-state index in [0.717, 1.165) is 10.2 Å². The van der Waals surface area contributed by atoms with Crippen molar-refractivity contribution in [3.8, 4) is 5.69 Å². The van der Waals surface area contributed by atoms with E-state index in [1.54, 1.807) is 4.68 Å². The van der Waals surface area contributed by atoms with Crippen molar-refractivity contribution in [1.82, 2.24) is 9.78 Å². The summed E-state index contributed by atoms with van der Waals surface area (Å²) in [6.45, 7) is 3.75. The molecule has 4 nitrogen and oxygen atoms in total. The number of hydrogen-bond acceptors (Lipinski definition) is 3. The van der Waals surface area contributed by atoms with Crippen LogP contribution in [-0.2, 0) is 21.9 Å². The van der Waals surface area contributed by atoms with E-state index >= 15 is 0 Å². The molecule has 0 saturated heterocycles. The maximum Gasteiger partial charge on any atom is 0.265 e. The Labute approximate surface area is 131 Å². The highest BCUT2D eigenvalue weighted by Gasteiger charge is 2.25. The molecule has 2 aromatic rings. The predicted octanol–water partition coefficient (Wildman–Crippen LogP) is 3.69. The number of benzene rings is 1. The van der Waals surface area contributed by atoms with Gasteiger partial charge in [0.2, 0.25) is 0 Å². The lowest BCUT2D eigenvalue weighted by Crippen LogP contribution is -2.03. The van der Waals surface area contributed by atoms with Gasteiger partial charge in [-0.25, -0.2) is 13.1 Å². The van der Waals surface area contributed by atoms with E-state index in [0.29, 0.717) is 24.2 Å². The normalized spacial score (nSPS) is 11.8. The fourth-order valence-electron chi connectivity index (χ4n) is 2.13. The first-order chi connectivity index (χ1) is 9.38. The smallest absolute Gasteiger partial charge is 0.236 e. The molecule has 7 heteroatoms. The predicted molar refractivity (Wildman–Crippen MR) is 83.1 cm³/mol. The van der Waals surface area contributed by atoms with Gasteiger partial charge in [-0.2, -0.15) is 5.10 Å². The monoisotopic (exact) mass is 376 g/mol. The number of halogens is 2. The summed E-state index contributed by atoms with van der Waals surface area (Å²) in [7, 11) is 1.76. The minimum Gasteiger partial charge on any atom is -0.236 e. The zero-order chi connectivity index (χ0) is 14.9. The molecule has 1 aromatic heterocycles. The van der Waals surface area contributed by atoms with Gasteiger partial charge in [-0.15, -0.1) is 0 Å². The topological polar surface area (TPSA) is 52.0 Å². The van der Waals surface area contributed by atoms with E-state index in [1.807, 2.05) is 38.1 Å². The van der Waals surface area contributed by atoms with E-state index in [1.165, 1.54) is 0 Å². The van der Waals surface area contributed by atoms with Crippen LogP contribution in [0.1, 0.15) is 25.2 Å². The first-order valence-corrected chi connectivity index (χ1v) is 9.30. The van der Waals surface area contributed by atoms with Gasteiger partial charge in [0.05, 0.1) is 17.1 Å². The van der Waals surface area contributed by atoms with Gasteiger partial charge in [-0.05, 0) is 31.0 Å². The van der Waals surface area contributed by atoms with Crippen LogP contribution in [0.25, 0.3) is 5.69 Å². The van der Waals surface area contributed by atoms with Gasteiger partial charge in [0.25, 0.3) is 9.05 Å². The van der Waals surface area contributed by atoms with Crippen LogP contribution in [0.15, 0.2) is 33.6 Å². The van der Waals surface area contributed by atoms with Crippen molar-refractivity contribution in [2.45, 2.75) is 31.6 Å². The average Bonchev–Trinajstić information content (AvgIpc) is 2.77. The van der Waals surface area contributed by atoms with Crippen LogP contribution in [0, 0.1) is 0 Å². The van der Waals surface area contributed by atoms with Crippen molar-refractivity contribution in [3.63, 3.8) is 0 Å². The zero-order valence-electron chi connectivity index (χ0n) is 11.1. The number of hydrogen-bond donors (Lipinski definition) is 0. The molecule has 1 heterocycles. The maximum atomic E-state index is 11.8. The van der Waals surface area contributed by atoms with Crippen LogP contribution < -0.4 is 0 Å². The maximum absolute atomic E-state index is 11.8. The molecule has 20 heavy (non-hydrogen) atoms. The molecule has 0 aliphatic carbocycles. The molecular formula is C13H14BrClN2O2S. The van der Waals surface area contributed by atoms with Gasteiger partial charge in [-0.3, -0.25) is 0 Å². The summed E-state index contributed by atoms with van der Waals surface area (Å²) < 4.78 is 26.2. The van der Waals surface area contributed by atoms with Crippen LogP contribution in [0.5, 0.6) is 0 Å². The summed E-state index contributed by atoms with van der Waals surface area (Å²) in [5.41, 5.74) is 1.91. The van der Waals surface area contributed by atoms with Crippen molar-refractivity contribution in [2.75, 3.05) is 0 Å². The van der Waals surface area contributed by atoms with Crippen molar-refractivity contribution in [3.05, 3.63) is 40.1 Å². The van der Waals surface area contributed by atoms with Crippen LogP contribution in [0.4, 0.5) is 0 Å². The van der Waals surface area contributed by atoms with Gasteiger partial charge in [0.1, 0.15) is 4.90 Å². The molecule has 1 aromatic carbocycles. The summed E-state index contributed by atoms with van der Waals surface area (Å²) in [4.78, 5) is 0.143. The standard InChI is InChI=1S/C13H14BrClN2O2S/c1-3-11-13(20(15,18)19)12(4-2)17(16-11)10-7-5-6-9(14)8-10/h5-8H,3-4H2,1-2H3. The molecule has 0 aliphatic rings. The zero-order valence-corrected chi connectivity index (χ0v) is 14.3. The van der Waals surface area contributed by atoms with Crippen molar-refractivity contribution < 1.29 is 8.42 Å². The molecule has 2 rings (SSSR count). The average molecular weight is 378 g/mol. The molecule has 0 bridgehead atoms. The largest absolute Gasteiger partial charge is 0.265 e. The minimum absolute atomic E-state index is 0.143. The molecule has 0 amide bonds. The molecule has 0 atom stereocenters. The van der Waals surface area contributed by atoms with Gasteiger partial charge >= 0.3 is 0 Å². The Morgan fingerprint density at radius 2 is 2.00 bits per heavy atom. The van der Waals surface area contributed by atoms with E-state index in [-0.39, 0.29) is 4.90 Å². The lowest BCUT2D eigenvalue weighted by Gasteiger charge is -2.07. The Balaban J connectivity index is 2.76. The van der Waals surface area contributed by atoms with E-state index in [2.05, 4.69) is 21.0 Å². The second-order valence-electron chi connectivity index (χ2n) is 4.26. The number of aryl methyl sites for hydroxylation is 1. The van der Waals surface area contributed by atoms with E-state index < -0.39 is 9.05 Å². The number of aromatic nitrogens is 2. The second kappa shape index (κ2) is 5.87. The Kier molecular flexibility index (Phi) is 4.56. The molecule has 0 N–H and O–H groups in total. The molecule has 0 aliphatic heterocycles. The van der Waals surface area contributed by atoms with Crippen molar-refractivity contribution in [1.29, 1.82) is 0 Å². The fraction of sp³-hybridized carbons (Fsp3) is 0.308. The SMILES string of the molecule is CCc1nn(-c2cccc(Br)c2)c(CC)c1S(=O)(=O)Cl. The van der Waals surface area contributed by atoms with Gasteiger partial charge < -0.3 is 0 Å². The molecule has 0 saturated carbocycles. The third-order valence-corrected chi connectivity index (χ3v) is 4.88. The lowest BCUT2D eigenvalue weighted by atomic mass is 10.2. The molecule has 108 valence electrons. The van der Waals surface area contributed by atoms with Gasteiger partial charge in [-0.1, -0.05) is 35.8 Å². The summed E-state index contributed by atoms with van der Waals surface area (Å²) in [5, 5.41) is 4.41. The highest BCUT2D eigenvalue weighted by molar-refractivity contribution is 9.10.